The third-order valence-electron chi connectivity index (χ3n) is 5.38. The molecule has 1 N–H and O–H groups in total. The molecule has 0 aliphatic carbocycles. The Labute approximate surface area is 162 Å². The van der Waals surface area contributed by atoms with Crippen LogP contribution in [-0.2, 0) is 6.54 Å². The summed E-state index contributed by atoms with van der Waals surface area (Å²) in [5, 5.41) is 7.17. The number of alkyl halides is 1. The van der Waals surface area contributed by atoms with Gasteiger partial charge in [-0.15, -0.1) is 0 Å². The zero-order valence-corrected chi connectivity index (χ0v) is 15.4. The average Bonchev–Trinajstić information content (AvgIpc) is 3.15. The fraction of sp³-hybridized carbons (Fsp3) is 0.333. The number of carbonyl (C=O) groups is 1. The number of carbonyl (C=O) groups excluding carboxylic acids is 1. The van der Waals surface area contributed by atoms with Gasteiger partial charge in [-0.2, -0.15) is 5.10 Å². The number of likely N-dealkylation sites (tertiary alicyclic amines) is 1. The summed E-state index contributed by atoms with van der Waals surface area (Å²) in [5.74, 6) is -0.788. The van der Waals surface area contributed by atoms with E-state index in [2.05, 4.69) is 10.4 Å². The fourth-order valence-electron chi connectivity index (χ4n) is 3.75. The van der Waals surface area contributed by atoms with Crippen molar-refractivity contribution in [2.45, 2.75) is 25.6 Å². The van der Waals surface area contributed by atoms with Gasteiger partial charge in [-0.05, 0) is 37.0 Å². The smallest absolute Gasteiger partial charge is 0.317 e. The number of urea groups is 1. The van der Waals surface area contributed by atoms with Gasteiger partial charge >= 0.3 is 6.03 Å². The molecule has 0 bridgehead atoms. The Balaban J connectivity index is 1.31. The number of halogens is 2. The molecule has 1 unspecified atom stereocenters. The van der Waals surface area contributed by atoms with Gasteiger partial charge in [0, 0.05) is 37.0 Å². The van der Waals surface area contributed by atoms with Crippen LogP contribution in [0.2, 0.25) is 0 Å². The quantitative estimate of drug-likeness (QED) is 0.736. The van der Waals surface area contributed by atoms with Gasteiger partial charge in [0.15, 0.2) is 0 Å². The highest BCUT2D eigenvalue weighted by Gasteiger charge is 2.30. The Morgan fingerprint density at radius 2 is 1.93 bits per heavy atom. The number of benzene rings is 1. The molecule has 3 aromatic rings. The Hall–Kier alpha value is -2.96. The van der Waals surface area contributed by atoms with Crippen LogP contribution in [0.15, 0.2) is 54.9 Å². The summed E-state index contributed by atoms with van der Waals surface area (Å²) >= 11 is 0. The van der Waals surface area contributed by atoms with Crippen LogP contribution >= 0.6 is 0 Å². The second kappa shape index (κ2) is 7.96. The van der Waals surface area contributed by atoms with Crippen molar-refractivity contribution < 1.29 is 13.6 Å². The van der Waals surface area contributed by atoms with E-state index in [0.717, 1.165) is 11.1 Å². The zero-order chi connectivity index (χ0) is 19.5. The molecule has 0 saturated carbocycles. The van der Waals surface area contributed by atoms with Crippen molar-refractivity contribution in [3.8, 4) is 0 Å². The highest BCUT2D eigenvalue weighted by Crippen LogP contribution is 2.35. The lowest BCUT2D eigenvalue weighted by atomic mass is 9.88. The first-order valence-corrected chi connectivity index (χ1v) is 9.46. The van der Waals surface area contributed by atoms with Crippen molar-refractivity contribution in [3.05, 3.63) is 71.8 Å². The number of aromatic nitrogens is 2. The predicted octanol–water partition coefficient (Wildman–Crippen LogP) is 4.11. The SMILES string of the molecule is O=C(NCc1cnn2ccccc12)N1CCC(C(F)c2ccccc2F)CC1. The van der Waals surface area contributed by atoms with Crippen molar-refractivity contribution >= 4 is 11.5 Å². The van der Waals surface area contributed by atoms with E-state index in [4.69, 9.17) is 0 Å². The lowest BCUT2D eigenvalue weighted by molar-refractivity contribution is 0.126. The minimum atomic E-state index is -1.34. The van der Waals surface area contributed by atoms with Crippen LogP contribution in [0.1, 0.15) is 30.1 Å². The van der Waals surface area contributed by atoms with E-state index in [-0.39, 0.29) is 17.5 Å². The molecule has 28 heavy (non-hydrogen) atoms. The molecule has 1 atom stereocenters. The number of hydrogen-bond acceptors (Lipinski definition) is 2. The molecule has 1 saturated heterocycles. The van der Waals surface area contributed by atoms with Crippen molar-refractivity contribution in [2.24, 2.45) is 5.92 Å². The zero-order valence-electron chi connectivity index (χ0n) is 15.4. The molecular weight excluding hydrogens is 362 g/mol. The molecule has 0 radical (unpaired) electrons. The predicted molar refractivity (Wildman–Crippen MR) is 102 cm³/mol. The number of piperidine rings is 1. The van der Waals surface area contributed by atoms with E-state index >= 15 is 0 Å². The standard InChI is InChI=1S/C21H22F2N4O/c22-18-6-2-1-5-17(18)20(23)15-8-11-26(12-9-15)21(28)24-13-16-14-25-27-10-4-3-7-19(16)27/h1-7,10,14-15,20H,8-9,11-13H2,(H,24,28). The van der Waals surface area contributed by atoms with Crippen molar-refractivity contribution in [3.63, 3.8) is 0 Å². The third kappa shape index (κ3) is 3.69. The molecule has 7 heteroatoms. The van der Waals surface area contributed by atoms with Crippen LogP contribution in [0.25, 0.3) is 5.52 Å². The fourth-order valence-corrected chi connectivity index (χ4v) is 3.75. The van der Waals surface area contributed by atoms with Crippen LogP contribution in [0, 0.1) is 11.7 Å². The molecule has 5 nitrogen and oxygen atoms in total. The molecule has 1 fully saturated rings. The molecule has 0 spiro atoms. The van der Waals surface area contributed by atoms with E-state index < -0.39 is 12.0 Å². The molecular formula is C21H22F2N4O. The minimum absolute atomic E-state index is 0.110. The Kier molecular flexibility index (Phi) is 5.23. The van der Waals surface area contributed by atoms with Crippen LogP contribution in [0.3, 0.4) is 0 Å². The average molecular weight is 384 g/mol. The number of fused-ring (bicyclic) bond motifs is 1. The second-order valence-electron chi connectivity index (χ2n) is 7.11. The summed E-state index contributed by atoms with van der Waals surface area (Å²) in [4.78, 5) is 14.2. The molecule has 1 aliphatic heterocycles. The summed E-state index contributed by atoms with van der Waals surface area (Å²) in [6.45, 7) is 1.30. The van der Waals surface area contributed by atoms with E-state index in [1.807, 2.05) is 24.4 Å². The molecule has 2 amide bonds. The first-order valence-electron chi connectivity index (χ1n) is 9.46. The summed E-state index contributed by atoms with van der Waals surface area (Å²) in [5.41, 5.74) is 2.00. The molecule has 3 heterocycles. The lowest BCUT2D eigenvalue weighted by Crippen LogP contribution is -2.44. The Morgan fingerprint density at radius 1 is 1.18 bits per heavy atom. The molecule has 1 aromatic carbocycles. The maximum atomic E-state index is 14.7. The number of nitrogens with zero attached hydrogens (tertiary/aromatic N) is 3. The van der Waals surface area contributed by atoms with E-state index in [1.54, 1.807) is 27.7 Å². The highest BCUT2D eigenvalue weighted by atomic mass is 19.1. The first kappa shape index (κ1) is 18.4. The van der Waals surface area contributed by atoms with E-state index in [9.17, 15) is 13.6 Å². The molecule has 146 valence electrons. The summed E-state index contributed by atoms with van der Waals surface area (Å²) in [7, 11) is 0. The highest BCUT2D eigenvalue weighted by molar-refractivity contribution is 5.74. The summed E-state index contributed by atoms with van der Waals surface area (Å²) < 4.78 is 30.3. The van der Waals surface area contributed by atoms with Crippen molar-refractivity contribution in [2.75, 3.05) is 13.1 Å². The number of rotatable bonds is 4. The Morgan fingerprint density at radius 3 is 2.71 bits per heavy atom. The third-order valence-corrected chi connectivity index (χ3v) is 5.38. The van der Waals surface area contributed by atoms with Crippen molar-refractivity contribution in [1.82, 2.24) is 19.8 Å². The summed E-state index contributed by atoms with van der Waals surface area (Å²) in [6, 6.07) is 11.6. The topological polar surface area (TPSA) is 49.6 Å². The van der Waals surface area contributed by atoms with Gasteiger partial charge in [0.05, 0.1) is 11.7 Å². The first-order chi connectivity index (χ1) is 13.6. The van der Waals surface area contributed by atoms with Gasteiger partial charge in [-0.25, -0.2) is 18.1 Å². The molecule has 2 aromatic heterocycles. The monoisotopic (exact) mass is 384 g/mol. The number of amides is 2. The van der Waals surface area contributed by atoms with Crippen LogP contribution < -0.4 is 5.32 Å². The van der Waals surface area contributed by atoms with Crippen molar-refractivity contribution in [1.29, 1.82) is 0 Å². The van der Waals surface area contributed by atoms with Crippen LogP contribution in [0.4, 0.5) is 13.6 Å². The van der Waals surface area contributed by atoms with E-state index in [0.29, 0.717) is 32.5 Å². The van der Waals surface area contributed by atoms with Crippen LogP contribution in [0.5, 0.6) is 0 Å². The van der Waals surface area contributed by atoms with Gasteiger partial charge < -0.3 is 10.2 Å². The number of pyridine rings is 1. The largest absolute Gasteiger partial charge is 0.334 e. The normalized spacial score (nSPS) is 16.3. The summed E-state index contributed by atoms with van der Waals surface area (Å²) in [6.07, 6.45) is 3.28. The number of nitrogens with one attached hydrogen (secondary N) is 1. The maximum absolute atomic E-state index is 14.7. The van der Waals surface area contributed by atoms with Crippen LogP contribution in [-0.4, -0.2) is 33.6 Å². The molecule has 4 rings (SSSR count). The Bertz CT molecular complexity index is 966. The minimum Gasteiger partial charge on any atom is -0.334 e. The molecule has 1 aliphatic rings. The van der Waals surface area contributed by atoms with Gasteiger partial charge in [0.1, 0.15) is 12.0 Å². The van der Waals surface area contributed by atoms with Gasteiger partial charge in [-0.3, -0.25) is 0 Å². The van der Waals surface area contributed by atoms with E-state index in [1.165, 1.54) is 12.1 Å². The second-order valence-corrected chi connectivity index (χ2v) is 7.11. The number of hydrogen-bond donors (Lipinski definition) is 1. The van der Waals surface area contributed by atoms with Gasteiger partial charge in [-0.1, -0.05) is 24.3 Å². The lowest BCUT2D eigenvalue weighted by Gasteiger charge is -2.33. The van der Waals surface area contributed by atoms with Gasteiger partial charge in [0.2, 0.25) is 0 Å². The maximum Gasteiger partial charge on any atom is 0.317 e. The van der Waals surface area contributed by atoms with Gasteiger partial charge in [0.25, 0.3) is 0 Å².